The summed E-state index contributed by atoms with van der Waals surface area (Å²) in [4.78, 5) is 0. The van der Waals surface area contributed by atoms with E-state index in [9.17, 15) is 5.11 Å². The third-order valence-electron chi connectivity index (χ3n) is 3.24. The molecule has 23 heavy (non-hydrogen) atoms. The first kappa shape index (κ1) is 27.6. The molecule has 0 bridgehead atoms. The second-order valence-corrected chi connectivity index (χ2v) is 7.68. The lowest BCUT2D eigenvalue weighted by atomic mass is 9.82. The van der Waals surface area contributed by atoms with Gasteiger partial charge < -0.3 is 30.6 Å². The third-order valence-corrected chi connectivity index (χ3v) is 3.24. The smallest absolute Gasteiger partial charge is 0.0635 e. The summed E-state index contributed by atoms with van der Waals surface area (Å²) in [5.74, 6) is 0.210. The predicted molar refractivity (Wildman–Crippen MR) is 93.0 cm³/mol. The maximum atomic E-state index is 9.49. The van der Waals surface area contributed by atoms with Crippen LogP contribution in [0.1, 0.15) is 54.9 Å². The van der Waals surface area contributed by atoms with Crippen molar-refractivity contribution in [2.45, 2.75) is 67.1 Å². The van der Waals surface area contributed by atoms with Gasteiger partial charge in [-0.1, -0.05) is 41.5 Å². The van der Waals surface area contributed by atoms with Crippen LogP contribution in [0.2, 0.25) is 0 Å². The molecule has 0 fully saturated rings. The molecule has 0 aliphatic carbocycles. The molecule has 0 rings (SSSR count). The largest absolute Gasteiger partial charge is 0.396 e. The van der Waals surface area contributed by atoms with Gasteiger partial charge in [0.15, 0.2) is 0 Å². The van der Waals surface area contributed by atoms with Gasteiger partial charge >= 0.3 is 0 Å². The standard InChI is InChI=1S/C8H18O2.C5H12O2.C4H10O2/c1-6(2)7(10)8(3,4)5-9;1-5(2,3-6)4-7;1-4(6)2-3-5/h6-7,9-10H,5H2,1-4H3;6-7H,3-4H2,1-2H3;4-6H,2-3H2,1H3. The minimum atomic E-state index is -0.419. The van der Waals surface area contributed by atoms with E-state index in [1.807, 2.05) is 27.7 Å². The number of rotatable bonds is 7. The summed E-state index contributed by atoms with van der Waals surface area (Å²) in [6.45, 7) is 13.1. The lowest BCUT2D eigenvalue weighted by molar-refractivity contribution is -0.0204. The van der Waals surface area contributed by atoms with Crippen LogP contribution in [-0.4, -0.2) is 69.3 Å². The molecule has 6 N–H and O–H groups in total. The van der Waals surface area contributed by atoms with Gasteiger partial charge in [0.05, 0.1) is 32.0 Å². The van der Waals surface area contributed by atoms with Gasteiger partial charge in [0.1, 0.15) is 0 Å². The fourth-order valence-corrected chi connectivity index (χ4v) is 1.23. The Morgan fingerprint density at radius 3 is 1.17 bits per heavy atom. The highest BCUT2D eigenvalue weighted by atomic mass is 16.3. The van der Waals surface area contributed by atoms with Crippen molar-refractivity contribution in [1.82, 2.24) is 0 Å². The molecule has 0 aromatic rings. The van der Waals surface area contributed by atoms with E-state index in [0.29, 0.717) is 6.42 Å². The summed E-state index contributed by atoms with van der Waals surface area (Å²) in [5, 5.41) is 51.7. The predicted octanol–water partition coefficient (Wildman–Crippen LogP) is 0.769. The van der Waals surface area contributed by atoms with E-state index in [1.165, 1.54) is 0 Å². The number of aliphatic hydroxyl groups is 6. The average Bonchev–Trinajstić information content (AvgIpc) is 2.47. The first-order valence-electron chi connectivity index (χ1n) is 8.10. The first-order valence-corrected chi connectivity index (χ1v) is 8.10. The lowest BCUT2D eigenvalue weighted by Crippen LogP contribution is -2.36. The van der Waals surface area contributed by atoms with Crippen molar-refractivity contribution in [3.8, 4) is 0 Å². The number of aliphatic hydroxyl groups excluding tert-OH is 6. The quantitative estimate of drug-likeness (QED) is 0.407. The summed E-state index contributed by atoms with van der Waals surface area (Å²) in [6, 6.07) is 0. The molecule has 6 heteroatoms. The zero-order valence-corrected chi connectivity index (χ0v) is 16.0. The van der Waals surface area contributed by atoms with Gasteiger partial charge in [0.25, 0.3) is 0 Å². The van der Waals surface area contributed by atoms with Crippen LogP contribution in [0, 0.1) is 16.7 Å². The number of hydrogen-bond acceptors (Lipinski definition) is 6. The summed E-state index contributed by atoms with van der Waals surface area (Å²) in [7, 11) is 0. The highest BCUT2D eigenvalue weighted by molar-refractivity contribution is 4.78. The fourth-order valence-electron chi connectivity index (χ4n) is 1.23. The summed E-state index contributed by atoms with van der Waals surface area (Å²) >= 11 is 0. The van der Waals surface area contributed by atoms with E-state index >= 15 is 0 Å². The van der Waals surface area contributed by atoms with E-state index in [0.717, 1.165) is 0 Å². The SMILES string of the molecule is CC(C)(CO)CO.CC(C)C(O)C(C)(C)CO.CC(O)CCO. The Morgan fingerprint density at radius 2 is 1.13 bits per heavy atom. The van der Waals surface area contributed by atoms with Crippen molar-refractivity contribution in [2.24, 2.45) is 16.7 Å². The Kier molecular flexibility index (Phi) is 17.0. The van der Waals surface area contributed by atoms with Crippen molar-refractivity contribution in [1.29, 1.82) is 0 Å². The van der Waals surface area contributed by atoms with Crippen LogP contribution in [0.15, 0.2) is 0 Å². The van der Waals surface area contributed by atoms with E-state index in [4.69, 9.17) is 25.5 Å². The Morgan fingerprint density at radius 1 is 0.739 bits per heavy atom. The molecule has 0 aliphatic rings. The van der Waals surface area contributed by atoms with Crippen LogP contribution in [0.3, 0.4) is 0 Å². The fraction of sp³-hybridized carbons (Fsp3) is 1.00. The first-order chi connectivity index (χ1) is 10.3. The van der Waals surface area contributed by atoms with Crippen LogP contribution in [0.25, 0.3) is 0 Å². The molecule has 2 atom stereocenters. The van der Waals surface area contributed by atoms with Crippen LogP contribution in [0.4, 0.5) is 0 Å². The van der Waals surface area contributed by atoms with Gasteiger partial charge in [-0.05, 0) is 19.3 Å². The molecule has 144 valence electrons. The zero-order valence-electron chi connectivity index (χ0n) is 16.0. The molecule has 0 saturated carbocycles. The molecule has 0 aromatic heterocycles. The van der Waals surface area contributed by atoms with Gasteiger partial charge in [-0.25, -0.2) is 0 Å². The molecule has 0 amide bonds. The van der Waals surface area contributed by atoms with Crippen molar-refractivity contribution in [3.63, 3.8) is 0 Å². The van der Waals surface area contributed by atoms with Crippen LogP contribution >= 0.6 is 0 Å². The van der Waals surface area contributed by atoms with Crippen LogP contribution < -0.4 is 0 Å². The van der Waals surface area contributed by atoms with Gasteiger partial charge in [0.2, 0.25) is 0 Å². The molecule has 6 nitrogen and oxygen atoms in total. The Balaban J connectivity index is -0.000000272. The summed E-state index contributed by atoms with van der Waals surface area (Å²) in [6.07, 6.45) is -0.285. The monoisotopic (exact) mass is 340 g/mol. The van der Waals surface area contributed by atoms with Crippen molar-refractivity contribution >= 4 is 0 Å². The Bertz CT molecular complexity index is 245. The molecule has 0 saturated heterocycles. The van der Waals surface area contributed by atoms with Gasteiger partial charge in [-0.2, -0.15) is 0 Å². The van der Waals surface area contributed by atoms with Crippen molar-refractivity contribution in [2.75, 3.05) is 26.4 Å². The highest BCUT2D eigenvalue weighted by Crippen LogP contribution is 2.24. The summed E-state index contributed by atoms with van der Waals surface area (Å²) < 4.78 is 0. The number of hydrogen-bond donors (Lipinski definition) is 6. The average molecular weight is 341 g/mol. The maximum absolute atomic E-state index is 9.49. The Hall–Kier alpha value is -0.240. The van der Waals surface area contributed by atoms with E-state index in [2.05, 4.69) is 0 Å². The molecule has 0 aliphatic heterocycles. The minimum Gasteiger partial charge on any atom is -0.396 e. The van der Waals surface area contributed by atoms with E-state index in [1.54, 1.807) is 20.8 Å². The molecule has 2 unspecified atom stereocenters. The molecular formula is C17H40O6. The normalized spacial score (nSPS) is 14.3. The van der Waals surface area contributed by atoms with Gasteiger partial charge in [0, 0.05) is 17.4 Å². The van der Waals surface area contributed by atoms with Gasteiger partial charge in [-0.3, -0.25) is 0 Å². The topological polar surface area (TPSA) is 121 Å². The second kappa shape index (κ2) is 14.1. The molecule has 0 aromatic carbocycles. The van der Waals surface area contributed by atoms with Crippen LogP contribution in [0.5, 0.6) is 0 Å². The van der Waals surface area contributed by atoms with Gasteiger partial charge in [-0.15, -0.1) is 0 Å². The molecular weight excluding hydrogens is 300 g/mol. The second-order valence-electron chi connectivity index (χ2n) is 7.68. The van der Waals surface area contributed by atoms with E-state index in [-0.39, 0.29) is 49.3 Å². The highest BCUT2D eigenvalue weighted by Gasteiger charge is 2.28. The lowest BCUT2D eigenvalue weighted by Gasteiger charge is -2.30. The molecule has 0 spiro atoms. The van der Waals surface area contributed by atoms with E-state index < -0.39 is 6.10 Å². The summed E-state index contributed by atoms with van der Waals surface area (Å²) in [5.41, 5.74) is -0.672. The third kappa shape index (κ3) is 17.9. The maximum Gasteiger partial charge on any atom is 0.0635 e. The zero-order chi connectivity index (χ0) is 19.3. The minimum absolute atomic E-state index is 0.0341. The molecule has 0 radical (unpaired) electrons. The van der Waals surface area contributed by atoms with Crippen molar-refractivity contribution in [3.05, 3.63) is 0 Å². The molecule has 0 heterocycles. The van der Waals surface area contributed by atoms with Crippen LogP contribution in [-0.2, 0) is 0 Å². The Labute approximate surface area is 141 Å². The van der Waals surface area contributed by atoms with Crippen molar-refractivity contribution < 1.29 is 30.6 Å².